The normalized spacial score (nSPS) is 10.9. The first-order valence-corrected chi connectivity index (χ1v) is 9.67. The largest absolute Gasteiger partial charge is 0.491 e. The number of thioether (sulfide) groups is 1. The van der Waals surface area contributed by atoms with Crippen molar-refractivity contribution in [2.24, 2.45) is 0 Å². The van der Waals surface area contributed by atoms with Crippen molar-refractivity contribution < 1.29 is 9.53 Å². The van der Waals surface area contributed by atoms with Crippen LogP contribution < -0.4 is 10.1 Å². The third kappa shape index (κ3) is 4.58. The summed E-state index contributed by atoms with van der Waals surface area (Å²) in [6.45, 7) is 5.14. The molecule has 1 amide bonds. The molecule has 0 aliphatic heterocycles. The average molecular weight is 365 g/mol. The van der Waals surface area contributed by atoms with Crippen molar-refractivity contribution in [2.75, 3.05) is 13.2 Å². The highest BCUT2D eigenvalue weighted by atomic mass is 32.2. The number of hydrogen-bond acceptors (Lipinski definition) is 3. The molecule has 0 heterocycles. The minimum Gasteiger partial charge on any atom is -0.491 e. The molecule has 0 bridgehead atoms. The summed E-state index contributed by atoms with van der Waals surface area (Å²) in [5, 5.41) is 5.61. The number of amides is 1. The molecule has 26 heavy (non-hydrogen) atoms. The summed E-state index contributed by atoms with van der Waals surface area (Å²) in [5.41, 5.74) is 0.719. The van der Waals surface area contributed by atoms with Crippen molar-refractivity contribution in [1.29, 1.82) is 0 Å². The second-order valence-corrected chi connectivity index (χ2v) is 7.86. The van der Waals surface area contributed by atoms with Crippen LogP contribution in [0.2, 0.25) is 0 Å². The van der Waals surface area contributed by atoms with Crippen LogP contribution in [0.1, 0.15) is 24.2 Å². The van der Waals surface area contributed by atoms with Crippen molar-refractivity contribution in [2.45, 2.75) is 24.0 Å². The van der Waals surface area contributed by atoms with E-state index in [4.69, 9.17) is 4.74 Å². The first kappa shape index (κ1) is 18.3. The van der Waals surface area contributed by atoms with Crippen LogP contribution in [0.5, 0.6) is 5.75 Å². The smallest absolute Gasteiger partial charge is 0.252 e. The summed E-state index contributed by atoms with van der Waals surface area (Å²) in [6, 6.07) is 21.8. The van der Waals surface area contributed by atoms with Gasteiger partial charge in [0, 0.05) is 15.5 Å². The third-order valence-corrected chi connectivity index (χ3v) is 4.97. The maximum Gasteiger partial charge on any atom is 0.252 e. The summed E-state index contributed by atoms with van der Waals surface area (Å²) in [6.07, 6.45) is 0. The number of ether oxygens (including phenoxy) is 1. The Morgan fingerprint density at radius 2 is 1.73 bits per heavy atom. The molecule has 3 aromatic rings. The van der Waals surface area contributed by atoms with E-state index in [9.17, 15) is 4.79 Å². The van der Waals surface area contributed by atoms with E-state index in [0.717, 1.165) is 27.0 Å². The molecule has 0 aliphatic rings. The van der Waals surface area contributed by atoms with Gasteiger partial charge in [-0.15, -0.1) is 11.8 Å². The van der Waals surface area contributed by atoms with Gasteiger partial charge in [0.2, 0.25) is 0 Å². The lowest BCUT2D eigenvalue weighted by Crippen LogP contribution is -2.28. The molecule has 0 spiro atoms. The molecule has 0 fully saturated rings. The van der Waals surface area contributed by atoms with Crippen molar-refractivity contribution in [3.05, 3.63) is 72.3 Å². The average Bonchev–Trinajstić information content (AvgIpc) is 2.65. The number of carbonyl (C=O) groups is 1. The fourth-order valence-electron chi connectivity index (χ4n) is 2.75. The molecular formula is C22H23NO2S. The third-order valence-electron chi connectivity index (χ3n) is 3.89. The Hall–Kier alpha value is -2.46. The van der Waals surface area contributed by atoms with Crippen LogP contribution in [0, 0.1) is 0 Å². The van der Waals surface area contributed by atoms with Crippen molar-refractivity contribution in [3.63, 3.8) is 0 Å². The highest BCUT2D eigenvalue weighted by Crippen LogP contribution is 2.27. The van der Waals surface area contributed by atoms with Crippen molar-refractivity contribution in [3.8, 4) is 5.75 Å². The quantitative estimate of drug-likeness (QED) is 0.465. The molecule has 4 heteroatoms. The topological polar surface area (TPSA) is 38.3 Å². The monoisotopic (exact) mass is 365 g/mol. The van der Waals surface area contributed by atoms with Crippen LogP contribution in [0.15, 0.2) is 71.6 Å². The Morgan fingerprint density at radius 1 is 1.00 bits per heavy atom. The Kier molecular flexibility index (Phi) is 6.18. The van der Waals surface area contributed by atoms with E-state index in [1.165, 1.54) is 0 Å². The minimum atomic E-state index is -0.0599. The number of fused-ring (bicyclic) bond motifs is 1. The number of hydrogen-bond donors (Lipinski definition) is 1. The SMILES string of the molecule is CC(C)Sc1ccccc1C(=O)NCCOc1cccc2ccccc12. The van der Waals surface area contributed by atoms with Crippen LogP contribution in [0.25, 0.3) is 10.8 Å². The molecule has 0 saturated carbocycles. The van der Waals surface area contributed by atoms with Gasteiger partial charge in [-0.2, -0.15) is 0 Å². The fourth-order valence-corrected chi connectivity index (χ4v) is 3.71. The summed E-state index contributed by atoms with van der Waals surface area (Å²) in [5.74, 6) is 0.781. The Labute approximate surface area is 158 Å². The first-order chi connectivity index (χ1) is 12.6. The summed E-state index contributed by atoms with van der Waals surface area (Å²) >= 11 is 1.70. The Balaban J connectivity index is 1.58. The molecule has 0 saturated heterocycles. The molecule has 0 aromatic heterocycles. The van der Waals surface area contributed by atoms with Crippen molar-refractivity contribution in [1.82, 2.24) is 5.32 Å². The van der Waals surface area contributed by atoms with Crippen LogP contribution in [0.3, 0.4) is 0 Å². The van der Waals surface area contributed by atoms with Gasteiger partial charge in [-0.05, 0) is 23.6 Å². The maximum absolute atomic E-state index is 12.5. The van der Waals surface area contributed by atoms with E-state index >= 15 is 0 Å². The van der Waals surface area contributed by atoms with Gasteiger partial charge in [-0.1, -0.05) is 62.4 Å². The van der Waals surface area contributed by atoms with Crippen LogP contribution in [-0.4, -0.2) is 24.3 Å². The van der Waals surface area contributed by atoms with E-state index in [0.29, 0.717) is 18.4 Å². The van der Waals surface area contributed by atoms with Gasteiger partial charge in [0.15, 0.2) is 0 Å². The van der Waals surface area contributed by atoms with Gasteiger partial charge in [0.05, 0.1) is 12.1 Å². The molecule has 0 aliphatic carbocycles. The van der Waals surface area contributed by atoms with E-state index in [1.807, 2.05) is 54.6 Å². The van der Waals surface area contributed by atoms with Gasteiger partial charge in [0.1, 0.15) is 12.4 Å². The van der Waals surface area contributed by atoms with E-state index in [2.05, 4.69) is 31.3 Å². The summed E-state index contributed by atoms with van der Waals surface area (Å²) < 4.78 is 5.88. The van der Waals surface area contributed by atoms with Crippen LogP contribution in [-0.2, 0) is 0 Å². The first-order valence-electron chi connectivity index (χ1n) is 8.79. The number of carbonyl (C=O) groups excluding carboxylic acids is 1. The zero-order valence-electron chi connectivity index (χ0n) is 15.1. The Morgan fingerprint density at radius 3 is 2.58 bits per heavy atom. The number of benzene rings is 3. The second kappa shape index (κ2) is 8.77. The summed E-state index contributed by atoms with van der Waals surface area (Å²) in [4.78, 5) is 13.5. The van der Waals surface area contributed by atoms with Gasteiger partial charge in [0.25, 0.3) is 5.91 Å². The molecule has 3 nitrogen and oxygen atoms in total. The molecule has 1 N–H and O–H groups in total. The van der Waals surface area contributed by atoms with E-state index in [1.54, 1.807) is 11.8 Å². The summed E-state index contributed by atoms with van der Waals surface area (Å²) in [7, 11) is 0. The molecule has 134 valence electrons. The lowest BCUT2D eigenvalue weighted by Gasteiger charge is -2.12. The van der Waals surface area contributed by atoms with Gasteiger partial charge in [-0.25, -0.2) is 0 Å². The van der Waals surface area contributed by atoms with Crippen molar-refractivity contribution >= 4 is 28.4 Å². The lowest BCUT2D eigenvalue weighted by molar-refractivity contribution is 0.0944. The Bertz CT molecular complexity index is 887. The minimum absolute atomic E-state index is 0.0599. The molecule has 0 unspecified atom stereocenters. The highest BCUT2D eigenvalue weighted by Gasteiger charge is 2.12. The molecule has 3 rings (SSSR count). The molecule has 3 aromatic carbocycles. The maximum atomic E-state index is 12.5. The van der Waals surface area contributed by atoms with Gasteiger partial charge >= 0.3 is 0 Å². The van der Waals surface area contributed by atoms with E-state index in [-0.39, 0.29) is 5.91 Å². The second-order valence-electron chi connectivity index (χ2n) is 6.24. The van der Waals surface area contributed by atoms with Gasteiger partial charge < -0.3 is 10.1 Å². The van der Waals surface area contributed by atoms with E-state index < -0.39 is 0 Å². The highest BCUT2D eigenvalue weighted by molar-refractivity contribution is 8.00. The van der Waals surface area contributed by atoms with Gasteiger partial charge in [-0.3, -0.25) is 4.79 Å². The number of rotatable bonds is 7. The predicted octanol–water partition coefficient (Wildman–Crippen LogP) is 5.15. The standard InChI is InChI=1S/C22H23NO2S/c1-16(2)26-21-13-6-5-11-19(21)22(24)23-14-15-25-20-12-7-9-17-8-3-4-10-18(17)20/h3-13,16H,14-15H2,1-2H3,(H,23,24). The fraction of sp³-hybridized carbons (Fsp3) is 0.227. The van der Waals surface area contributed by atoms with Crippen LogP contribution in [0.4, 0.5) is 0 Å². The number of nitrogens with one attached hydrogen (secondary N) is 1. The predicted molar refractivity (Wildman–Crippen MR) is 109 cm³/mol. The van der Waals surface area contributed by atoms with Crippen LogP contribution >= 0.6 is 11.8 Å². The molecular weight excluding hydrogens is 342 g/mol. The zero-order chi connectivity index (χ0) is 18.4. The zero-order valence-corrected chi connectivity index (χ0v) is 15.9. The molecule has 0 atom stereocenters. The molecule has 0 radical (unpaired) electrons. The lowest BCUT2D eigenvalue weighted by atomic mass is 10.1.